The molecule has 3 N–H and O–H groups in total. The number of carboxylic acids is 1. The van der Waals surface area contributed by atoms with Crippen LogP contribution in [0.4, 0.5) is 24.8 Å². The largest absolute Gasteiger partial charge is 0.481 e. The van der Waals surface area contributed by atoms with Crippen LogP contribution in [0, 0.1) is 11.3 Å². The first-order chi connectivity index (χ1) is 18.3. The zero-order chi connectivity index (χ0) is 28.0. The number of hydrogen-bond donors (Lipinski definition) is 3. The molecule has 1 aliphatic carbocycles. The van der Waals surface area contributed by atoms with Gasteiger partial charge in [-0.3, -0.25) is 4.79 Å². The molecule has 3 aromatic heterocycles. The van der Waals surface area contributed by atoms with Gasteiger partial charge in [-0.2, -0.15) is 13.2 Å². The second kappa shape index (κ2) is 10.00. The Morgan fingerprint density at radius 1 is 1.13 bits per heavy atom. The Morgan fingerprint density at radius 2 is 1.87 bits per heavy atom. The van der Waals surface area contributed by atoms with Crippen molar-refractivity contribution in [1.82, 2.24) is 15.0 Å². The third-order valence-electron chi connectivity index (χ3n) is 6.97. The van der Waals surface area contributed by atoms with E-state index in [9.17, 15) is 28.2 Å². The number of aliphatic carboxylic acids is 1. The smallest absolute Gasteiger partial charge is 0.433 e. The van der Waals surface area contributed by atoms with Crippen molar-refractivity contribution in [2.75, 3.05) is 5.32 Å². The molecule has 1 fully saturated rings. The molecule has 0 aliphatic heterocycles. The zero-order valence-electron chi connectivity index (χ0n) is 21.0. The Labute approximate surface area is 230 Å². The summed E-state index contributed by atoms with van der Waals surface area (Å²) in [4.78, 5) is 25.5. The van der Waals surface area contributed by atoms with Crippen LogP contribution in [0.5, 0.6) is 0 Å². The molecule has 5 rings (SSSR count). The van der Waals surface area contributed by atoms with E-state index in [1.165, 1.54) is 22.7 Å². The van der Waals surface area contributed by atoms with Crippen LogP contribution in [-0.4, -0.2) is 31.1 Å². The highest BCUT2D eigenvalue weighted by molar-refractivity contribution is 7.15. The van der Waals surface area contributed by atoms with Gasteiger partial charge in [0.1, 0.15) is 16.3 Å². The lowest BCUT2D eigenvalue weighted by molar-refractivity contribution is -0.154. The number of thiophene rings is 1. The van der Waals surface area contributed by atoms with Crippen molar-refractivity contribution < 1.29 is 28.2 Å². The summed E-state index contributed by atoms with van der Waals surface area (Å²) in [6.45, 7) is 3.70. The fourth-order valence-corrected chi connectivity index (χ4v) is 6.87. The number of alkyl halides is 3. The van der Waals surface area contributed by atoms with E-state index in [0.717, 1.165) is 33.1 Å². The van der Waals surface area contributed by atoms with Gasteiger partial charge >= 0.3 is 12.1 Å². The molecular weight excluding hydrogens is 549 g/mol. The van der Waals surface area contributed by atoms with Gasteiger partial charge < -0.3 is 15.5 Å². The van der Waals surface area contributed by atoms with Crippen molar-refractivity contribution in [2.24, 2.45) is 11.3 Å². The maximum absolute atomic E-state index is 13.2. The number of rotatable bonds is 6. The molecule has 0 amide bonds. The predicted molar refractivity (Wildman–Crippen MR) is 144 cm³/mol. The lowest BCUT2D eigenvalue weighted by atomic mass is 9.63. The van der Waals surface area contributed by atoms with Gasteiger partial charge in [0.05, 0.1) is 10.8 Å². The molecule has 3 heterocycles. The van der Waals surface area contributed by atoms with Crippen LogP contribution < -0.4 is 5.32 Å². The van der Waals surface area contributed by atoms with E-state index in [1.54, 1.807) is 12.3 Å². The molecule has 39 heavy (non-hydrogen) atoms. The molecule has 1 aromatic carbocycles. The number of carbonyl (C=O) groups is 1. The van der Waals surface area contributed by atoms with Crippen LogP contribution in [0.25, 0.3) is 20.9 Å². The molecule has 1 aliphatic rings. The summed E-state index contributed by atoms with van der Waals surface area (Å²) in [5, 5.41) is 26.4. The van der Waals surface area contributed by atoms with Crippen LogP contribution in [-0.2, 0) is 16.6 Å². The number of hydrogen-bond acceptors (Lipinski definition) is 8. The maximum Gasteiger partial charge on any atom is 0.433 e. The number of halogens is 3. The van der Waals surface area contributed by atoms with Crippen LogP contribution in [0.15, 0.2) is 54.2 Å². The number of nitrogens with one attached hydrogen (secondary N) is 1. The number of nitrogens with zero attached hydrogens (tertiary/aromatic N) is 3. The Morgan fingerprint density at radius 3 is 2.51 bits per heavy atom. The van der Waals surface area contributed by atoms with E-state index >= 15 is 0 Å². The highest BCUT2D eigenvalue weighted by Crippen LogP contribution is 2.51. The van der Waals surface area contributed by atoms with E-state index in [2.05, 4.69) is 20.3 Å². The van der Waals surface area contributed by atoms with Crippen LogP contribution in [0.3, 0.4) is 0 Å². The van der Waals surface area contributed by atoms with Gasteiger partial charge in [0.2, 0.25) is 5.95 Å². The number of carboxylic acid groups (broad SMARTS) is 1. The topological polar surface area (TPSA) is 108 Å². The number of thiazole rings is 1. The minimum Gasteiger partial charge on any atom is -0.481 e. The Balaban J connectivity index is 1.49. The fourth-order valence-electron chi connectivity index (χ4n) is 5.14. The van der Waals surface area contributed by atoms with E-state index in [1.807, 2.05) is 43.5 Å². The van der Waals surface area contributed by atoms with Gasteiger partial charge in [-0.15, -0.1) is 22.7 Å². The number of benzene rings is 1. The van der Waals surface area contributed by atoms with Gasteiger partial charge in [0, 0.05) is 23.0 Å². The van der Waals surface area contributed by atoms with Crippen molar-refractivity contribution in [1.29, 1.82) is 0 Å². The van der Waals surface area contributed by atoms with Crippen LogP contribution in [0.2, 0.25) is 0 Å². The first-order valence-electron chi connectivity index (χ1n) is 12.1. The zero-order valence-corrected chi connectivity index (χ0v) is 22.6. The number of aromatic nitrogens is 3. The van der Waals surface area contributed by atoms with Gasteiger partial charge in [-0.05, 0) is 71.5 Å². The molecule has 4 aromatic rings. The predicted octanol–water partition coefficient (Wildman–Crippen LogP) is 7.19. The van der Waals surface area contributed by atoms with Gasteiger partial charge in [0.15, 0.2) is 0 Å². The molecule has 1 saturated carbocycles. The first-order valence-corrected chi connectivity index (χ1v) is 13.8. The van der Waals surface area contributed by atoms with Crippen molar-refractivity contribution >= 4 is 40.3 Å². The van der Waals surface area contributed by atoms with Gasteiger partial charge in [-0.1, -0.05) is 19.9 Å². The Hall–Kier alpha value is -3.35. The van der Waals surface area contributed by atoms with Crippen molar-refractivity contribution in [3.8, 4) is 20.9 Å². The molecule has 2 atom stereocenters. The normalized spacial score (nSPS) is 21.0. The van der Waals surface area contributed by atoms with Gasteiger partial charge in [-0.25, -0.2) is 15.0 Å². The van der Waals surface area contributed by atoms with Crippen LogP contribution in [0.1, 0.15) is 43.8 Å². The average Bonchev–Trinajstić information content (AvgIpc) is 3.56. The minimum absolute atomic E-state index is 0.184. The van der Waals surface area contributed by atoms with Crippen molar-refractivity contribution in [2.45, 2.75) is 44.9 Å². The molecule has 204 valence electrons. The quantitative estimate of drug-likeness (QED) is 0.224. The lowest BCUT2D eigenvalue weighted by Crippen LogP contribution is -2.44. The monoisotopic (exact) mass is 574 g/mol. The molecule has 0 spiro atoms. The van der Waals surface area contributed by atoms with Crippen LogP contribution >= 0.6 is 22.7 Å². The third-order valence-corrected chi connectivity index (χ3v) is 9.12. The standard InChI is InChI=1S/C27H25F3N4O3S2/c1-25(2)14-26(37,7-5-18(25)22(35)36)23-32-13-20(39-23)16-10-15(19-4-3-9-38-19)11-17(12-16)33-24-31-8-6-21(34-24)27(28,29)30/h3-4,6,8-13,18,37H,5,7,14H2,1-2H3,(H,35,36)(H,31,33,34)/t18-,26-/m0/s1. The Bertz CT molecular complexity index is 1500. The SMILES string of the molecule is CC1(C)C[C@](O)(c2ncc(-c3cc(Nc4nccc(C(F)(F)F)n4)cc(-c4cccs4)c3)s2)CC[C@H]1C(=O)O. The number of aliphatic hydroxyl groups is 1. The molecule has 0 saturated heterocycles. The van der Waals surface area contributed by atoms with Crippen molar-refractivity contribution in [3.63, 3.8) is 0 Å². The van der Waals surface area contributed by atoms with Gasteiger partial charge in [0.25, 0.3) is 0 Å². The fraction of sp³-hybridized carbons (Fsp3) is 0.333. The number of anilines is 2. The third kappa shape index (κ3) is 5.68. The minimum atomic E-state index is -4.60. The summed E-state index contributed by atoms with van der Waals surface area (Å²) in [5.74, 6) is -1.60. The van der Waals surface area contributed by atoms with E-state index in [0.29, 0.717) is 17.1 Å². The van der Waals surface area contributed by atoms with E-state index < -0.39 is 34.8 Å². The summed E-state index contributed by atoms with van der Waals surface area (Å²) in [6, 6.07) is 10.2. The summed E-state index contributed by atoms with van der Waals surface area (Å²) in [7, 11) is 0. The van der Waals surface area contributed by atoms with Crippen molar-refractivity contribution in [3.05, 3.63) is 64.9 Å². The second-order valence-electron chi connectivity index (χ2n) is 10.3. The Kier molecular flexibility index (Phi) is 6.98. The second-order valence-corrected chi connectivity index (χ2v) is 12.3. The summed E-state index contributed by atoms with van der Waals surface area (Å²) in [5.41, 5.74) is -0.833. The highest BCUT2D eigenvalue weighted by Gasteiger charge is 2.49. The van der Waals surface area contributed by atoms with E-state index in [4.69, 9.17) is 0 Å². The summed E-state index contributed by atoms with van der Waals surface area (Å²) < 4.78 is 39.5. The molecular formula is C27H25F3N4O3S2. The molecule has 7 nitrogen and oxygen atoms in total. The molecule has 0 radical (unpaired) electrons. The summed E-state index contributed by atoms with van der Waals surface area (Å²) in [6.07, 6.45) is -0.993. The highest BCUT2D eigenvalue weighted by atomic mass is 32.1. The molecule has 0 unspecified atom stereocenters. The lowest BCUT2D eigenvalue weighted by Gasteiger charge is -2.44. The summed E-state index contributed by atoms with van der Waals surface area (Å²) >= 11 is 2.84. The average molecular weight is 575 g/mol. The first kappa shape index (κ1) is 27.2. The molecule has 0 bridgehead atoms. The van der Waals surface area contributed by atoms with E-state index in [-0.39, 0.29) is 18.8 Å². The molecule has 12 heteroatoms. The maximum atomic E-state index is 13.2.